The van der Waals surface area contributed by atoms with Gasteiger partial charge in [0.1, 0.15) is 12.4 Å². The summed E-state index contributed by atoms with van der Waals surface area (Å²) in [5.41, 5.74) is 3.81. The largest absolute Gasteiger partial charge is 0.326 e. The van der Waals surface area contributed by atoms with Crippen LogP contribution in [0.5, 0.6) is 0 Å². The van der Waals surface area contributed by atoms with E-state index in [1.54, 1.807) is 26.0 Å². The number of halogens is 1. The fourth-order valence-corrected chi connectivity index (χ4v) is 3.05. The molecule has 2 N–H and O–H groups in total. The number of rotatable bonds is 5. The van der Waals surface area contributed by atoms with Crippen LogP contribution in [0.2, 0.25) is 0 Å². The second-order valence-electron chi connectivity index (χ2n) is 7.05. The van der Waals surface area contributed by atoms with Gasteiger partial charge in [0.25, 0.3) is 5.56 Å². The number of nitrogens with zero attached hydrogens (tertiary/aromatic N) is 2. The number of aromatic nitrogens is 2. The number of hydrogen-bond acceptors (Lipinski definition) is 4. The van der Waals surface area contributed by atoms with Crippen molar-refractivity contribution in [2.24, 2.45) is 0 Å². The van der Waals surface area contributed by atoms with Crippen LogP contribution >= 0.6 is 0 Å². The van der Waals surface area contributed by atoms with Gasteiger partial charge in [-0.05, 0) is 62.6 Å². The number of benzene rings is 2. The van der Waals surface area contributed by atoms with Gasteiger partial charge in [0.05, 0.1) is 0 Å². The summed E-state index contributed by atoms with van der Waals surface area (Å²) < 4.78 is 14.8. The number of anilines is 3. The summed E-state index contributed by atoms with van der Waals surface area (Å²) in [6.45, 7) is 6.96. The Kier molecular flexibility index (Phi) is 5.77. The van der Waals surface area contributed by atoms with E-state index >= 15 is 0 Å². The molecule has 0 aliphatic rings. The normalized spacial score (nSPS) is 10.7. The van der Waals surface area contributed by atoms with E-state index in [-0.39, 0.29) is 29.8 Å². The summed E-state index contributed by atoms with van der Waals surface area (Å²) in [6, 6.07) is 11.6. The van der Waals surface area contributed by atoms with Crippen LogP contribution in [0.15, 0.2) is 47.3 Å². The highest BCUT2D eigenvalue weighted by atomic mass is 19.1. The summed E-state index contributed by atoms with van der Waals surface area (Å²) >= 11 is 0. The highest BCUT2D eigenvalue weighted by molar-refractivity contribution is 5.92. The molecule has 0 fully saturated rings. The lowest BCUT2D eigenvalue weighted by atomic mass is 10.1. The number of nitrogens with one attached hydrogen (secondary N) is 2. The molecule has 6 nitrogen and oxygen atoms in total. The summed E-state index contributed by atoms with van der Waals surface area (Å²) in [7, 11) is 0. The van der Waals surface area contributed by atoms with Crippen molar-refractivity contribution in [1.82, 2.24) is 9.55 Å². The van der Waals surface area contributed by atoms with Gasteiger partial charge >= 0.3 is 0 Å². The van der Waals surface area contributed by atoms with E-state index in [0.717, 1.165) is 16.8 Å². The smallest absolute Gasteiger partial charge is 0.255 e. The number of aryl methyl sites for hydroxylation is 4. The van der Waals surface area contributed by atoms with E-state index in [1.165, 1.54) is 16.7 Å². The molecule has 0 bridgehead atoms. The van der Waals surface area contributed by atoms with Crippen LogP contribution < -0.4 is 16.2 Å². The predicted molar refractivity (Wildman–Crippen MR) is 112 cm³/mol. The topological polar surface area (TPSA) is 76.0 Å². The molecule has 0 saturated carbocycles. The maximum Gasteiger partial charge on any atom is 0.255 e. The Morgan fingerprint density at radius 2 is 1.72 bits per heavy atom. The second-order valence-corrected chi connectivity index (χ2v) is 7.05. The van der Waals surface area contributed by atoms with Crippen LogP contribution in [0.4, 0.5) is 21.7 Å². The van der Waals surface area contributed by atoms with Crippen molar-refractivity contribution in [3.8, 4) is 0 Å². The number of carbonyl (C=O) groups is 1. The molecule has 0 radical (unpaired) electrons. The zero-order valence-electron chi connectivity index (χ0n) is 16.8. The van der Waals surface area contributed by atoms with Crippen LogP contribution in [-0.4, -0.2) is 15.5 Å². The molecule has 0 aliphatic heterocycles. The Balaban J connectivity index is 1.89. The zero-order valence-corrected chi connectivity index (χ0v) is 16.8. The third kappa shape index (κ3) is 4.68. The van der Waals surface area contributed by atoms with Gasteiger partial charge in [0.2, 0.25) is 11.9 Å². The van der Waals surface area contributed by atoms with Crippen LogP contribution in [0.3, 0.4) is 0 Å². The number of carbonyl (C=O) groups excluding carboxylic acids is 1. The molecular formula is C22H23FN4O2. The van der Waals surface area contributed by atoms with Gasteiger partial charge < -0.3 is 10.6 Å². The van der Waals surface area contributed by atoms with Crippen molar-refractivity contribution in [3.63, 3.8) is 0 Å². The first-order chi connectivity index (χ1) is 13.7. The summed E-state index contributed by atoms with van der Waals surface area (Å²) in [6.07, 6.45) is 0. The van der Waals surface area contributed by atoms with Crippen molar-refractivity contribution in [3.05, 3.63) is 81.0 Å². The SMILES string of the molecule is Cc1cc(=O)n(CC(=O)Nc2c(C)cccc2C)c(Nc2ccc(F)c(C)c2)n1. The number of amides is 1. The summed E-state index contributed by atoms with van der Waals surface area (Å²) in [5, 5.41) is 5.89. The maximum atomic E-state index is 13.5. The first-order valence-corrected chi connectivity index (χ1v) is 9.22. The van der Waals surface area contributed by atoms with Crippen molar-refractivity contribution in [2.45, 2.75) is 34.2 Å². The van der Waals surface area contributed by atoms with Crippen molar-refractivity contribution in [1.29, 1.82) is 0 Å². The molecule has 0 spiro atoms. The fraction of sp³-hybridized carbons (Fsp3) is 0.227. The predicted octanol–water partition coefficient (Wildman–Crippen LogP) is 4.00. The molecular weight excluding hydrogens is 371 g/mol. The van der Waals surface area contributed by atoms with Crippen LogP contribution in [0, 0.1) is 33.5 Å². The number of para-hydroxylation sites is 1. The highest BCUT2D eigenvalue weighted by Gasteiger charge is 2.14. The van der Waals surface area contributed by atoms with Gasteiger partial charge in [-0.2, -0.15) is 0 Å². The Labute approximate surface area is 168 Å². The minimum absolute atomic E-state index is 0.206. The molecule has 0 atom stereocenters. The lowest BCUT2D eigenvalue weighted by Crippen LogP contribution is -2.30. The Morgan fingerprint density at radius 3 is 2.38 bits per heavy atom. The van der Waals surface area contributed by atoms with Gasteiger partial charge in [-0.25, -0.2) is 9.37 Å². The molecule has 150 valence electrons. The second kappa shape index (κ2) is 8.26. The molecule has 3 aromatic rings. The van der Waals surface area contributed by atoms with Crippen LogP contribution in [0.25, 0.3) is 0 Å². The first kappa shape index (κ1) is 20.3. The van der Waals surface area contributed by atoms with Gasteiger partial charge in [0, 0.05) is 23.1 Å². The highest BCUT2D eigenvalue weighted by Crippen LogP contribution is 2.20. The Morgan fingerprint density at radius 1 is 1.03 bits per heavy atom. The lowest BCUT2D eigenvalue weighted by molar-refractivity contribution is -0.116. The van der Waals surface area contributed by atoms with Gasteiger partial charge in [-0.15, -0.1) is 0 Å². The molecule has 0 aliphatic carbocycles. The number of hydrogen-bond donors (Lipinski definition) is 2. The van der Waals surface area contributed by atoms with Gasteiger partial charge in [0.15, 0.2) is 0 Å². The maximum absolute atomic E-state index is 13.5. The van der Waals surface area contributed by atoms with E-state index in [2.05, 4.69) is 15.6 Å². The third-order valence-corrected chi connectivity index (χ3v) is 4.60. The summed E-state index contributed by atoms with van der Waals surface area (Å²) in [5.74, 6) is -0.440. The third-order valence-electron chi connectivity index (χ3n) is 4.60. The summed E-state index contributed by atoms with van der Waals surface area (Å²) in [4.78, 5) is 29.5. The van der Waals surface area contributed by atoms with Crippen molar-refractivity contribution < 1.29 is 9.18 Å². The lowest BCUT2D eigenvalue weighted by Gasteiger charge is -2.16. The van der Waals surface area contributed by atoms with Gasteiger partial charge in [-0.3, -0.25) is 14.2 Å². The molecule has 1 aromatic heterocycles. The standard InChI is InChI=1S/C22H23FN4O2/c1-13-6-5-7-14(2)21(13)26-19(28)12-27-20(29)11-16(4)24-22(27)25-17-8-9-18(23)15(3)10-17/h5-11H,12H2,1-4H3,(H,24,25)(H,26,28). The molecule has 3 rings (SSSR count). The van der Waals surface area contributed by atoms with Crippen LogP contribution in [-0.2, 0) is 11.3 Å². The Hall–Kier alpha value is -3.48. The average Bonchev–Trinajstić information content (AvgIpc) is 2.64. The molecule has 7 heteroatoms. The van der Waals surface area contributed by atoms with Crippen molar-refractivity contribution >= 4 is 23.2 Å². The van der Waals surface area contributed by atoms with Crippen LogP contribution in [0.1, 0.15) is 22.4 Å². The molecule has 0 saturated heterocycles. The minimum atomic E-state index is -0.351. The zero-order chi connectivity index (χ0) is 21.1. The quantitative estimate of drug-likeness (QED) is 0.686. The van der Waals surface area contributed by atoms with Crippen molar-refractivity contribution in [2.75, 3.05) is 10.6 Å². The van der Waals surface area contributed by atoms with E-state index in [9.17, 15) is 14.0 Å². The molecule has 29 heavy (non-hydrogen) atoms. The Bertz CT molecular complexity index is 1120. The minimum Gasteiger partial charge on any atom is -0.326 e. The first-order valence-electron chi connectivity index (χ1n) is 9.22. The fourth-order valence-electron chi connectivity index (χ4n) is 3.05. The molecule has 1 heterocycles. The molecule has 1 amide bonds. The van der Waals surface area contributed by atoms with E-state index < -0.39 is 0 Å². The molecule has 2 aromatic carbocycles. The van der Waals surface area contributed by atoms with Gasteiger partial charge in [-0.1, -0.05) is 18.2 Å². The van der Waals surface area contributed by atoms with E-state index in [0.29, 0.717) is 16.9 Å². The van der Waals surface area contributed by atoms with E-state index in [4.69, 9.17) is 0 Å². The monoisotopic (exact) mass is 394 g/mol. The van der Waals surface area contributed by atoms with E-state index in [1.807, 2.05) is 32.0 Å². The molecule has 0 unspecified atom stereocenters. The average molecular weight is 394 g/mol.